The molecule has 0 saturated carbocycles. The largest absolute Gasteiger partial charge is 0.497 e. The summed E-state index contributed by atoms with van der Waals surface area (Å²) in [5, 5.41) is 3.89. The fourth-order valence-corrected chi connectivity index (χ4v) is 6.91. The van der Waals surface area contributed by atoms with Gasteiger partial charge in [0.2, 0.25) is 0 Å². The molecule has 226 valence electrons. The molecule has 2 aliphatic rings. The molecule has 10 rings (SSSR count). The van der Waals surface area contributed by atoms with Gasteiger partial charge in [0, 0.05) is 49.4 Å². The Balaban J connectivity index is 1.47. The van der Waals surface area contributed by atoms with Gasteiger partial charge in [-0.1, -0.05) is 109 Å². The Morgan fingerprint density at radius 3 is 1.58 bits per heavy atom. The highest BCUT2D eigenvalue weighted by molar-refractivity contribution is 6.13. The van der Waals surface area contributed by atoms with Gasteiger partial charge in [-0.15, -0.1) is 0 Å². The van der Waals surface area contributed by atoms with E-state index in [1.165, 1.54) is 0 Å². The Labute approximate surface area is 273 Å². The lowest BCUT2D eigenvalue weighted by Crippen LogP contribution is -1.88. The second kappa shape index (κ2) is 10.2. The number of hydrogen-bond donors (Lipinski definition) is 2. The molecule has 5 aromatic carbocycles. The summed E-state index contributed by atoms with van der Waals surface area (Å²) in [6.45, 7) is 0. The first-order valence-electron chi connectivity index (χ1n) is 15.7. The predicted octanol–water partition coefficient (Wildman–Crippen LogP) is 9.15. The molecule has 0 atom stereocenters. The number of nitrogens with zero attached hydrogens (tertiary/aromatic N) is 5. The van der Waals surface area contributed by atoms with Gasteiger partial charge < -0.3 is 14.7 Å². The molecule has 0 aliphatic carbocycles. The summed E-state index contributed by atoms with van der Waals surface area (Å²) in [6, 6.07) is 40.9. The van der Waals surface area contributed by atoms with Crippen molar-refractivity contribution in [2.45, 2.75) is 0 Å². The smallest absolute Gasteiger partial charge is 0.164 e. The van der Waals surface area contributed by atoms with Crippen LogP contribution in [0.4, 0.5) is 0 Å². The Hall–Kier alpha value is -6.67. The summed E-state index contributed by atoms with van der Waals surface area (Å²) in [4.78, 5) is 33.0. The Bertz CT molecular complexity index is 2800. The number of ether oxygens (including phenoxy) is 1. The minimum absolute atomic E-state index is 0.592. The van der Waals surface area contributed by atoms with Crippen LogP contribution in [0, 0.1) is 0 Å². The van der Waals surface area contributed by atoms with Crippen molar-refractivity contribution in [1.82, 2.24) is 34.9 Å². The van der Waals surface area contributed by atoms with E-state index < -0.39 is 0 Å². The van der Waals surface area contributed by atoms with Crippen LogP contribution in [-0.2, 0) is 0 Å². The summed E-state index contributed by atoms with van der Waals surface area (Å²) in [5.74, 6) is 2.56. The average molecular weight is 620 g/mol. The third-order valence-corrected chi connectivity index (χ3v) is 9.13. The lowest BCUT2D eigenvalue weighted by Gasteiger charge is -2.09. The molecule has 3 aromatic heterocycles. The van der Waals surface area contributed by atoms with E-state index in [-0.39, 0.29) is 0 Å². The number of aromatic amines is 2. The van der Waals surface area contributed by atoms with Crippen LogP contribution in [-0.4, -0.2) is 42.0 Å². The lowest BCUT2D eigenvalue weighted by molar-refractivity contribution is 0.415. The van der Waals surface area contributed by atoms with E-state index in [4.69, 9.17) is 29.7 Å². The maximum absolute atomic E-state index is 5.70. The van der Waals surface area contributed by atoms with Gasteiger partial charge in [-0.3, -0.25) is 0 Å². The van der Waals surface area contributed by atoms with Gasteiger partial charge in [-0.2, -0.15) is 0 Å². The summed E-state index contributed by atoms with van der Waals surface area (Å²) < 4.78 is 5.70. The summed E-state index contributed by atoms with van der Waals surface area (Å²) in [6.07, 6.45) is 0. The normalized spacial score (nSPS) is 11.9. The summed E-state index contributed by atoms with van der Waals surface area (Å²) >= 11 is 0. The fourth-order valence-electron chi connectivity index (χ4n) is 6.91. The lowest BCUT2D eigenvalue weighted by atomic mass is 9.96. The number of hydrogen-bond acceptors (Lipinski definition) is 6. The molecule has 2 aliphatic heterocycles. The van der Waals surface area contributed by atoms with E-state index in [9.17, 15) is 0 Å². The molecule has 8 heteroatoms. The van der Waals surface area contributed by atoms with Gasteiger partial charge in [-0.05, 0) is 17.7 Å². The molecule has 8 aromatic rings. The standard InChI is InChI=1S/C40H25N7O/c1-48-23-12-10-11-22(21-23)32-33-24-13-2-4-15-26(24)35(41-33)43-37-28-17-6-8-19-30(28)39(45-37)47-40-31-20-9-7-18-29(31)38(46-40)44-36-27-16-5-3-14-25(27)34(32)42-36/h2-21H,1H3,(H2,41,42,43,44,45,46,47). The van der Waals surface area contributed by atoms with Gasteiger partial charge >= 0.3 is 0 Å². The molecular formula is C40H25N7O. The minimum Gasteiger partial charge on any atom is -0.497 e. The van der Waals surface area contributed by atoms with E-state index in [1.807, 2.05) is 78.9 Å². The summed E-state index contributed by atoms with van der Waals surface area (Å²) in [5.41, 5.74) is 9.43. The number of aromatic nitrogens is 7. The Morgan fingerprint density at radius 1 is 0.458 bits per heavy atom. The molecule has 0 spiro atoms. The molecule has 48 heavy (non-hydrogen) atoms. The highest BCUT2D eigenvalue weighted by Gasteiger charge is 2.24. The van der Waals surface area contributed by atoms with Crippen LogP contribution in [0.1, 0.15) is 0 Å². The van der Waals surface area contributed by atoms with Crippen LogP contribution >= 0.6 is 0 Å². The third-order valence-electron chi connectivity index (χ3n) is 9.13. The topological polar surface area (TPSA) is 105 Å². The zero-order chi connectivity index (χ0) is 31.8. The zero-order valence-corrected chi connectivity index (χ0v) is 25.7. The first kappa shape index (κ1) is 26.5. The zero-order valence-electron chi connectivity index (χ0n) is 25.7. The number of rotatable bonds is 2. The molecule has 5 heterocycles. The molecular weight excluding hydrogens is 594 g/mol. The van der Waals surface area contributed by atoms with Crippen molar-refractivity contribution in [3.05, 3.63) is 121 Å². The van der Waals surface area contributed by atoms with Gasteiger partial charge in [0.15, 0.2) is 17.5 Å². The monoisotopic (exact) mass is 619 g/mol. The molecule has 0 amide bonds. The number of methoxy groups -OCH3 is 1. The molecule has 0 unspecified atom stereocenters. The van der Waals surface area contributed by atoms with Gasteiger partial charge in [0.25, 0.3) is 0 Å². The van der Waals surface area contributed by atoms with Gasteiger partial charge in [0.05, 0.1) is 18.3 Å². The molecule has 0 saturated heterocycles. The highest BCUT2D eigenvalue weighted by atomic mass is 16.5. The SMILES string of the molecule is COc1cccc(-c2c3nc(nc4[nH]c(nc5nc(nc6[nH]c2c2ccccc62)-c2ccccc2-5)c2ccccc42)-c2ccccc2-3)c1. The maximum Gasteiger partial charge on any atom is 0.164 e. The van der Waals surface area contributed by atoms with Crippen molar-refractivity contribution in [2.75, 3.05) is 7.11 Å². The van der Waals surface area contributed by atoms with Crippen molar-refractivity contribution in [2.24, 2.45) is 0 Å². The van der Waals surface area contributed by atoms with Crippen molar-refractivity contribution < 1.29 is 4.74 Å². The second-order valence-corrected chi connectivity index (χ2v) is 11.8. The van der Waals surface area contributed by atoms with Crippen molar-refractivity contribution in [3.63, 3.8) is 0 Å². The summed E-state index contributed by atoms with van der Waals surface area (Å²) in [7, 11) is 1.68. The molecule has 8 bridgehead atoms. The third kappa shape index (κ3) is 3.93. The van der Waals surface area contributed by atoms with Crippen molar-refractivity contribution >= 4 is 44.0 Å². The molecule has 0 radical (unpaired) electrons. The number of benzene rings is 5. The van der Waals surface area contributed by atoms with Crippen LogP contribution in [0.25, 0.3) is 101 Å². The maximum atomic E-state index is 5.70. The van der Waals surface area contributed by atoms with Crippen LogP contribution < -0.4 is 4.74 Å². The van der Waals surface area contributed by atoms with E-state index in [0.717, 1.165) is 71.9 Å². The highest BCUT2D eigenvalue weighted by Crippen LogP contribution is 2.44. The average Bonchev–Trinajstić information content (AvgIpc) is 3.88. The van der Waals surface area contributed by atoms with E-state index in [1.54, 1.807) is 7.11 Å². The van der Waals surface area contributed by atoms with Crippen LogP contribution in [0.15, 0.2) is 121 Å². The quantitative estimate of drug-likeness (QED) is 0.200. The van der Waals surface area contributed by atoms with E-state index in [2.05, 4.69) is 52.4 Å². The first-order valence-corrected chi connectivity index (χ1v) is 15.7. The molecule has 2 N–H and O–H groups in total. The Kier molecular flexibility index (Phi) is 5.62. The van der Waals surface area contributed by atoms with Crippen LogP contribution in [0.5, 0.6) is 5.75 Å². The van der Waals surface area contributed by atoms with Gasteiger partial charge in [-0.25, -0.2) is 24.9 Å². The van der Waals surface area contributed by atoms with Crippen molar-refractivity contribution in [1.29, 1.82) is 0 Å². The van der Waals surface area contributed by atoms with E-state index >= 15 is 0 Å². The minimum atomic E-state index is 0.592. The molecule has 8 nitrogen and oxygen atoms in total. The van der Waals surface area contributed by atoms with E-state index in [0.29, 0.717) is 34.4 Å². The predicted molar refractivity (Wildman–Crippen MR) is 190 cm³/mol. The van der Waals surface area contributed by atoms with Crippen LogP contribution in [0.3, 0.4) is 0 Å². The number of nitrogens with one attached hydrogen (secondary N) is 2. The van der Waals surface area contributed by atoms with Crippen LogP contribution in [0.2, 0.25) is 0 Å². The first-order chi connectivity index (χ1) is 23.7. The Morgan fingerprint density at radius 2 is 0.958 bits per heavy atom. The number of H-pyrrole nitrogens is 2. The van der Waals surface area contributed by atoms with Gasteiger partial charge in [0.1, 0.15) is 22.7 Å². The second-order valence-electron chi connectivity index (χ2n) is 11.8. The molecule has 0 fully saturated rings. The fraction of sp³-hybridized carbons (Fsp3) is 0.0250. The number of fused-ring (bicyclic) bond motifs is 20. The van der Waals surface area contributed by atoms with Crippen molar-refractivity contribution in [3.8, 4) is 62.3 Å².